The largest absolute Gasteiger partial charge is 0.417 e. The standard InChI is InChI=1S/C21H14BrF3N6/c1-11(12-2-4-15(22)5-3-12)30-20-29-8-13(7-26)18(31-20)17-10-28-19-16(17)6-14(9-27-19)21(23,24)25/h2-6,8-11H,1H3,(H,27,28)(H,29,30,31). The van der Waals surface area contributed by atoms with Gasteiger partial charge in [-0.15, -0.1) is 0 Å². The Balaban J connectivity index is 1.75. The van der Waals surface area contributed by atoms with Crippen LogP contribution in [0.3, 0.4) is 0 Å². The van der Waals surface area contributed by atoms with Gasteiger partial charge >= 0.3 is 6.18 Å². The summed E-state index contributed by atoms with van der Waals surface area (Å²) in [4.78, 5) is 15.3. The van der Waals surface area contributed by atoms with Gasteiger partial charge < -0.3 is 10.3 Å². The molecule has 0 saturated carbocycles. The number of hydrogen-bond acceptors (Lipinski definition) is 5. The summed E-state index contributed by atoms with van der Waals surface area (Å²) < 4.78 is 40.4. The summed E-state index contributed by atoms with van der Waals surface area (Å²) in [6.07, 6.45) is -0.936. The number of alkyl halides is 3. The molecule has 0 saturated heterocycles. The molecule has 1 unspecified atom stereocenters. The van der Waals surface area contributed by atoms with Gasteiger partial charge in [0, 0.05) is 27.8 Å². The summed E-state index contributed by atoms with van der Waals surface area (Å²) in [7, 11) is 0. The van der Waals surface area contributed by atoms with Gasteiger partial charge in [0.05, 0.1) is 29.1 Å². The van der Waals surface area contributed by atoms with Gasteiger partial charge in [0.15, 0.2) is 0 Å². The van der Waals surface area contributed by atoms with E-state index in [-0.39, 0.29) is 34.3 Å². The number of fused-ring (bicyclic) bond motifs is 1. The van der Waals surface area contributed by atoms with Gasteiger partial charge in [0.25, 0.3) is 0 Å². The second-order valence-corrected chi connectivity index (χ2v) is 7.72. The minimum Gasteiger partial charge on any atom is -0.348 e. The Morgan fingerprint density at radius 1 is 1.16 bits per heavy atom. The van der Waals surface area contributed by atoms with Crippen LogP contribution in [-0.4, -0.2) is 19.9 Å². The number of anilines is 1. The number of benzene rings is 1. The number of nitrogens with one attached hydrogen (secondary N) is 2. The van der Waals surface area contributed by atoms with Crippen molar-refractivity contribution in [1.29, 1.82) is 5.26 Å². The molecule has 0 aliphatic carbocycles. The van der Waals surface area contributed by atoms with Crippen LogP contribution in [0.25, 0.3) is 22.3 Å². The molecule has 0 amide bonds. The van der Waals surface area contributed by atoms with Crippen molar-refractivity contribution in [3.05, 3.63) is 70.1 Å². The van der Waals surface area contributed by atoms with Crippen molar-refractivity contribution < 1.29 is 13.2 Å². The van der Waals surface area contributed by atoms with Gasteiger partial charge in [-0.3, -0.25) is 0 Å². The summed E-state index contributed by atoms with van der Waals surface area (Å²) in [6, 6.07) is 10.6. The van der Waals surface area contributed by atoms with E-state index in [1.807, 2.05) is 37.3 Å². The molecule has 0 aliphatic rings. The Kier molecular flexibility index (Phi) is 5.37. The second-order valence-electron chi connectivity index (χ2n) is 6.81. The van der Waals surface area contributed by atoms with Crippen LogP contribution >= 0.6 is 15.9 Å². The number of halogens is 4. The maximum absolute atomic E-state index is 13.2. The first kappa shape index (κ1) is 20.8. The number of pyridine rings is 1. The fourth-order valence-electron chi connectivity index (χ4n) is 3.12. The first-order valence-corrected chi connectivity index (χ1v) is 9.89. The Morgan fingerprint density at radius 3 is 2.58 bits per heavy atom. The minimum absolute atomic E-state index is 0.139. The number of nitriles is 1. The molecule has 3 heterocycles. The highest BCUT2D eigenvalue weighted by Crippen LogP contribution is 2.35. The molecule has 4 aromatic rings. The number of H-pyrrole nitrogens is 1. The number of rotatable bonds is 4. The number of aromatic nitrogens is 4. The zero-order chi connectivity index (χ0) is 22.2. The van der Waals surface area contributed by atoms with E-state index in [0.717, 1.165) is 22.3 Å². The lowest BCUT2D eigenvalue weighted by Gasteiger charge is -2.15. The molecule has 0 spiro atoms. The third-order valence-electron chi connectivity index (χ3n) is 4.74. The number of nitrogens with zero attached hydrogens (tertiary/aromatic N) is 4. The van der Waals surface area contributed by atoms with Gasteiger partial charge in [-0.25, -0.2) is 15.0 Å². The molecular formula is C21H14BrF3N6. The predicted molar refractivity (Wildman–Crippen MR) is 113 cm³/mol. The quantitative estimate of drug-likeness (QED) is 0.377. The molecule has 1 atom stereocenters. The van der Waals surface area contributed by atoms with Gasteiger partial charge in [-0.2, -0.15) is 18.4 Å². The fraction of sp³-hybridized carbons (Fsp3) is 0.143. The van der Waals surface area contributed by atoms with Gasteiger partial charge in [-0.1, -0.05) is 28.1 Å². The fourth-order valence-corrected chi connectivity index (χ4v) is 3.39. The molecule has 31 heavy (non-hydrogen) atoms. The monoisotopic (exact) mass is 486 g/mol. The first-order valence-electron chi connectivity index (χ1n) is 9.10. The molecule has 0 aliphatic heterocycles. The Hall–Kier alpha value is -3.45. The molecule has 6 nitrogen and oxygen atoms in total. The molecule has 0 fully saturated rings. The van der Waals surface area contributed by atoms with Crippen LogP contribution in [0.1, 0.15) is 29.7 Å². The van der Waals surface area contributed by atoms with Crippen molar-refractivity contribution in [3.63, 3.8) is 0 Å². The van der Waals surface area contributed by atoms with Gasteiger partial charge in [0.1, 0.15) is 11.7 Å². The third kappa shape index (κ3) is 4.22. The van der Waals surface area contributed by atoms with E-state index in [9.17, 15) is 18.4 Å². The predicted octanol–water partition coefficient (Wildman–Crippen LogP) is 5.85. The van der Waals surface area contributed by atoms with Crippen molar-refractivity contribution in [2.75, 3.05) is 5.32 Å². The highest BCUT2D eigenvalue weighted by Gasteiger charge is 2.31. The molecule has 10 heteroatoms. The highest BCUT2D eigenvalue weighted by atomic mass is 79.9. The Labute approximate surface area is 183 Å². The lowest BCUT2D eigenvalue weighted by molar-refractivity contribution is -0.137. The average molecular weight is 487 g/mol. The van der Waals surface area contributed by atoms with E-state index >= 15 is 0 Å². The van der Waals surface area contributed by atoms with E-state index in [1.165, 1.54) is 12.4 Å². The second kappa shape index (κ2) is 8.00. The highest BCUT2D eigenvalue weighted by molar-refractivity contribution is 9.10. The molecule has 0 bridgehead atoms. The maximum Gasteiger partial charge on any atom is 0.417 e. The molecule has 1 aromatic carbocycles. The average Bonchev–Trinajstić information content (AvgIpc) is 3.16. The first-order chi connectivity index (χ1) is 14.8. The maximum atomic E-state index is 13.2. The van der Waals surface area contributed by atoms with E-state index in [2.05, 4.69) is 41.2 Å². The van der Waals surface area contributed by atoms with E-state index in [1.54, 1.807) is 0 Å². The summed E-state index contributed by atoms with van der Waals surface area (Å²) in [6.45, 7) is 1.93. The van der Waals surface area contributed by atoms with Crippen LogP contribution in [0.15, 0.2) is 53.4 Å². The van der Waals surface area contributed by atoms with E-state index in [4.69, 9.17) is 0 Å². The van der Waals surface area contributed by atoms with E-state index < -0.39 is 11.7 Å². The Bertz CT molecular complexity index is 1290. The van der Waals surface area contributed by atoms with Crippen molar-refractivity contribution >= 4 is 32.9 Å². The lowest BCUT2D eigenvalue weighted by atomic mass is 10.1. The zero-order valence-electron chi connectivity index (χ0n) is 16.0. The molecule has 3 aromatic heterocycles. The van der Waals surface area contributed by atoms with Crippen LogP contribution in [-0.2, 0) is 6.18 Å². The van der Waals surface area contributed by atoms with Crippen LogP contribution in [0, 0.1) is 11.3 Å². The van der Waals surface area contributed by atoms with Crippen LogP contribution in [0.5, 0.6) is 0 Å². The van der Waals surface area contributed by atoms with Crippen LogP contribution in [0.4, 0.5) is 19.1 Å². The van der Waals surface area contributed by atoms with Gasteiger partial charge in [0.2, 0.25) is 5.95 Å². The molecule has 4 rings (SSSR count). The summed E-state index contributed by atoms with van der Waals surface area (Å²) >= 11 is 3.39. The normalized spacial score (nSPS) is 12.5. The van der Waals surface area contributed by atoms with Crippen LogP contribution in [0.2, 0.25) is 0 Å². The zero-order valence-corrected chi connectivity index (χ0v) is 17.6. The minimum atomic E-state index is -4.54. The SMILES string of the molecule is CC(Nc1ncc(C#N)c(-c2c[nH]c3ncc(C(F)(F)F)cc23)n1)c1ccc(Br)cc1. The smallest absolute Gasteiger partial charge is 0.348 e. The van der Waals surface area contributed by atoms with Gasteiger partial charge in [-0.05, 0) is 30.7 Å². The van der Waals surface area contributed by atoms with Crippen molar-refractivity contribution in [1.82, 2.24) is 19.9 Å². The topological polar surface area (TPSA) is 90.3 Å². The number of aromatic amines is 1. The van der Waals surface area contributed by atoms with Crippen molar-refractivity contribution in [3.8, 4) is 17.3 Å². The summed E-state index contributed by atoms with van der Waals surface area (Å²) in [5.74, 6) is 0.249. The number of hydrogen-bond donors (Lipinski definition) is 2. The van der Waals surface area contributed by atoms with Crippen molar-refractivity contribution in [2.45, 2.75) is 19.1 Å². The summed E-state index contributed by atoms with van der Waals surface area (Å²) in [5.41, 5.74) is 1.07. The van der Waals surface area contributed by atoms with Crippen LogP contribution < -0.4 is 5.32 Å². The van der Waals surface area contributed by atoms with Crippen molar-refractivity contribution in [2.24, 2.45) is 0 Å². The lowest BCUT2D eigenvalue weighted by Crippen LogP contribution is -2.10. The van der Waals surface area contributed by atoms with E-state index in [0.29, 0.717) is 5.56 Å². The molecule has 0 radical (unpaired) electrons. The Morgan fingerprint density at radius 2 is 1.90 bits per heavy atom. The third-order valence-corrected chi connectivity index (χ3v) is 5.27. The molecular weight excluding hydrogens is 473 g/mol. The summed E-state index contributed by atoms with van der Waals surface area (Å²) in [5, 5.41) is 12.9. The molecule has 156 valence electrons. The molecule has 2 N–H and O–H groups in total.